The third-order valence-electron chi connectivity index (χ3n) is 2.42. The minimum Gasteiger partial charge on any atom is -0.492 e. The lowest BCUT2D eigenvalue weighted by Gasteiger charge is -2.20. The summed E-state index contributed by atoms with van der Waals surface area (Å²) in [6.45, 7) is 9.84. The van der Waals surface area contributed by atoms with Crippen LogP contribution in [0.4, 0.5) is 0 Å². The Hall–Kier alpha value is -0.730. The van der Waals surface area contributed by atoms with Gasteiger partial charge in [0.1, 0.15) is 12.4 Å². The van der Waals surface area contributed by atoms with Crippen LogP contribution in [-0.2, 0) is 5.41 Å². The van der Waals surface area contributed by atoms with Gasteiger partial charge < -0.3 is 10.5 Å². The quantitative estimate of drug-likeness (QED) is 0.886. The van der Waals surface area contributed by atoms with Gasteiger partial charge in [-0.15, -0.1) is 12.4 Å². The fourth-order valence-electron chi connectivity index (χ4n) is 1.45. The molecule has 0 atom stereocenters. The average molecular weight is 244 g/mol. The number of hydrogen-bond donors (Lipinski definition) is 1. The molecule has 0 aliphatic carbocycles. The minimum absolute atomic E-state index is 0. The second-order valence-corrected chi connectivity index (χ2v) is 4.87. The van der Waals surface area contributed by atoms with Crippen LogP contribution in [0.5, 0.6) is 5.75 Å². The second-order valence-electron chi connectivity index (χ2n) is 4.87. The lowest BCUT2D eigenvalue weighted by atomic mass is 9.86. The molecule has 1 rings (SSSR count). The van der Waals surface area contributed by atoms with Crippen molar-refractivity contribution >= 4 is 12.4 Å². The zero-order valence-electron chi connectivity index (χ0n) is 10.5. The molecule has 0 unspecified atom stereocenters. The zero-order chi connectivity index (χ0) is 11.5. The standard InChI is InChI=1S/C13H21NO.ClH/c1-10-9-11(13(2,3)4)5-6-12(10)15-8-7-14;/h5-6,9H,7-8,14H2,1-4H3;1H. The highest BCUT2D eigenvalue weighted by atomic mass is 35.5. The summed E-state index contributed by atoms with van der Waals surface area (Å²) in [4.78, 5) is 0. The second kappa shape index (κ2) is 6.12. The van der Waals surface area contributed by atoms with Gasteiger partial charge in [0.15, 0.2) is 0 Å². The smallest absolute Gasteiger partial charge is 0.122 e. The Kier molecular flexibility index (Phi) is 5.84. The van der Waals surface area contributed by atoms with Crippen molar-refractivity contribution in [3.05, 3.63) is 29.3 Å². The van der Waals surface area contributed by atoms with E-state index in [0.717, 1.165) is 5.75 Å². The first-order chi connectivity index (χ1) is 6.95. The van der Waals surface area contributed by atoms with Gasteiger partial charge in [0.25, 0.3) is 0 Å². The minimum atomic E-state index is 0. The van der Waals surface area contributed by atoms with Crippen molar-refractivity contribution < 1.29 is 4.74 Å². The van der Waals surface area contributed by atoms with Gasteiger partial charge in [0.05, 0.1) is 0 Å². The molecule has 0 saturated heterocycles. The topological polar surface area (TPSA) is 35.2 Å². The molecule has 0 aliphatic rings. The Balaban J connectivity index is 0.00000225. The molecular formula is C13H22ClNO. The van der Waals surface area contributed by atoms with Crippen molar-refractivity contribution in [3.63, 3.8) is 0 Å². The van der Waals surface area contributed by atoms with Crippen molar-refractivity contribution in [3.8, 4) is 5.75 Å². The van der Waals surface area contributed by atoms with Gasteiger partial charge >= 0.3 is 0 Å². The van der Waals surface area contributed by atoms with E-state index in [1.54, 1.807) is 0 Å². The predicted molar refractivity (Wildman–Crippen MR) is 71.7 cm³/mol. The van der Waals surface area contributed by atoms with Gasteiger partial charge in [0.2, 0.25) is 0 Å². The molecule has 0 aromatic heterocycles. The van der Waals surface area contributed by atoms with Crippen LogP contribution in [0.15, 0.2) is 18.2 Å². The first kappa shape index (κ1) is 15.3. The SMILES string of the molecule is Cc1cc(C(C)(C)C)ccc1OCCN.Cl. The van der Waals surface area contributed by atoms with Crippen molar-refractivity contribution in [2.24, 2.45) is 5.73 Å². The first-order valence-electron chi connectivity index (χ1n) is 5.39. The molecule has 0 radical (unpaired) electrons. The van der Waals surface area contributed by atoms with Crippen LogP contribution in [0.1, 0.15) is 31.9 Å². The monoisotopic (exact) mass is 243 g/mol. The number of aryl methyl sites for hydroxylation is 1. The molecule has 0 heterocycles. The maximum absolute atomic E-state index is 5.53. The number of benzene rings is 1. The van der Waals surface area contributed by atoms with Crippen LogP contribution >= 0.6 is 12.4 Å². The van der Waals surface area contributed by atoms with Crippen LogP contribution in [0.25, 0.3) is 0 Å². The van der Waals surface area contributed by atoms with Gasteiger partial charge in [-0.25, -0.2) is 0 Å². The molecular weight excluding hydrogens is 222 g/mol. The Morgan fingerprint density at radius 2 is 1.88 bits per heavy atom. The maximum Gasteiger partial charge on any atom is 0.122 e. The predicted octanol–water partition coefficient (Wildman–Crippen LogP) is 3.05. The molecule has 16 heavy (non-hydrogen) atoms. The molecule has 3 heteroatoms. The van der Waals surface area contributed by atoms with Crippen LogP contribution in [0.2, 0.25) is 0 Å². The third-order valence-corrected chi connectivity index (χ3v) is 2.42. The summed E-state index contributed by atoms with van der Waals surface area (Å²) in [7, 11) is 0. The van der Waals surface area contributed by atoms with Gasteiger partial charge in [-0.3, -0.25) is 0 Å². The van der Waals surface area contributed by atoms with E-state index in [0.29, 0.717) is 13.2 Å². The van der Waals surface area contributed by atoms with E-state index < -0.39 is 0 Å². The molecule has 2 nitrogen and oxygen atoms in total. The van der Waals surface area contributed by atoms with Crippen molar-refractivity contribution in [1.29, 1.82) is 0 Å². The number of rotatable bonds is 3. The largest absolute Gasteiger partial charge is 0.492 e. The van der Waals surface area contributed by atoms with E-state index in [1.807, 2.05) is 6.07 Å². The number of ether oxygens (including phenoxy) is 1. The zero-order valence-corrected chi connectivity index (χ0v) is 11.4. The highest BCUT2D eigenvalue weighted by Crippen LogP contribution is 2.27. The summed E-state index contributed by atoms with van der Waals surface area (Å²) in [5.41, 5.74) is 8.10. The van der Waals surface area contributed by atoms with Crippen LogP contribution in [0.3, 0.4) is 0 Å². The Morgan fingerprint density at radius 3 is 2.31 bits per heavy atom. The maximum atomic E-state index is 5.53. The Bertz CT molecular complexity index is 331. The van der Waals surface area contributed by atoms with E-state index >= 15 is 0 Å². The van der Waals surface area contributed by atoms with E-state index in [2.05, 4.69) is 39.8 Å². The highest BCUT2D eigenvalue weighted by molar-refractivity contribution is 5.85. The summed E-state index contributed by atoms with van der Waals surface area (Å²) < 4.78 is 5.53. The van der Waals surface area contributed by atoms with E-state index in [4.69, 9.17) is 10.5 Å². The molecule has 0 fully saturated rings. The average Bonchev–Trinajstić information content (AvgIpc) is 2.14. The van der Waals surface area contributed by atoms with Gasteiger partial charge in [-0.1, -0.05) is 32.9 Å². The van der Waals surface area contributed by atoms with Crippen molar-refractivity contribution in [2.45, 2.75) is 33.1 Å². The van der Waals surface area contributed by atoms with Gasteiger partial charge in [-0.2, -0.15) is 0 Å². The van der Waals surface area contributed by atoms with E-state index in [1.165, 1.54) is 11.1 Å². The Morgan fingerprint density at radius 1 is 1.25 bits per heavy atom. The number of halogens is 1. The summed E-state index contributed by atoms with van der Waals surface area (Å²) in [6.07, 6.45) is 0. The molecule has 1 aromatic rings. The summed E-state index contributed by atoms with van der Waals surface area (Å²) in [6, 6.07) is 6.34. The summed E-state index contributed by atoms with van der Waals surface area (Å²) >= 11 is 0. The Labute approximate surface area is 105 Å². The van der Waals surface area contributed by atoms with Crippen molar-refractivity contribution in [1.82, 2.24) is 0 Å². The highest BCUT2D eigenvalue weighted by Gasteiger charge is 2.14. The normalized spacial score (nSPS) is 10.8. The molecule has 0 amide bonds. The lowest BCUT2D eigenvalue weighted by Crippen LogP contribution is -2.13. The number of hydrogen-bond acceptors (Lipinski definition) is 2. The molecule has 0 bridgehead atoms. The van der Waals surface area contributed by atoms with Crippen LogP contribution in [0, 0.1) is 6.92 Å². The lowest BCUT2D eigenvalue weighted by molar-refractivity contribution is 0.326. The molecule has 1 aromatic carbocycles. The molecule has 0 spiro atoms. The van der Waals surface area contributed by atoms with Crippen LogP contribution < -0.4 is 10.5 Å². The first-order valence-corrected chi connectivity index (χ1v) is 5.39. The summed E-state index contributed by atoms with van der Waals surface area (Å²) in [5, 5.41) is 0. The molecule has 0 saturated carbocycles. The fourth-order valence-corrected chi connectivity index (χ4v) is 1.45. The molecule has 0 aliphatic heterocycles. The number of nitrogens with two attached hydrogens (primary N) is 1. The molecule has 2 N–H and O–H groups in total. The third kappa shape index (κ3) is 4.03. The fraction of sp³-hybridized carbons (Fsp3) is 0.538. The molecule has 92 valence electrons. The van der Waals surface area contributed by atoms with Crippen LogP contribution in [-0.4, -0.2) is 13.2 Å². The van der Waals surface area contributed by atoms with Gasteiger partial charge in [0, 0.05) is 6.54 Å². The van der Waals surface area contributed by atoms with E-state index in [9.17, 15) is 0 Å². The summed E-state index contributed by atoms with van der Waals surface area (Å²) in [5.74, 6) is 0.938. The van der Waals surface area contributed by atoms with Gasteiger partial charge in [-0.05, 0) is 29.5 Å². The van der Waals surface area contributed by atoms with E-state index in [-0.39, 0.29) is 17.8 Å². The van der Waals surface area contributed by atoms with Crippen molar-refractivity contribution in [2.75, 3.05) is 13.2 Å².